The Hall–Kier alpha value is -1.84. The summed E-state index contributed by atoms with van der Waals surface area (Å²) in [5, 5.41) is 0. The smallest absolute Gasteiger partial charge is 0.305 e. The first-order chi connectivity index (χ1) is 10.7. The molecule has 1 aliphatic rings. The third-order valence-electron chi connectivity index (χ3n) is 3.21. The lowest BCUT2D eigenvalue weighted by Crippen LogP contribution is -2.26. The van der Waals surface area contributed by atoms with E-state index in [0.29, 0.717) is 19.4 Å². The minimum absolute atomic E-state index is 0.0403. The van der Waals surface area contributed by atoms with Crippen molar-refractivity contribution in [2.75, 3.05) is 6.61 Å². The number of hydrogen-bond donors (Lipinski definition) is 0. The SMILES string of the molecule is C#CCC[C@@H](/C=C/C(OC(C)=O)OC(C)=O)[C@H]1COC(C)(C)O1. The zero-order valence-corrected chi connectivity index (χ0v) is 14.0. The second-order valence-electron chi connectivity index (χ2n) is 5.75. The minimum atomic E-state index is -1.06. The first kappa shape index (κ1) is 19.2. The van der Waals surface area contributed by atoms with Crippen LogP contribution < -0.4 is 0 Å². The van der Waals surface area contributed by atoms with Crippen LogP contribution in [-0.4, -0.2) is 36.7 Å². The van der Waals surface area contributed by atoms with Gasteiger partial charge in [-0.15, -0.1) is 12.3 Å². The normalized spacial score (nSPS) is 21.1. The van der Waals surface area contributed by atoms with Gasteiger partial charge in [0.05, 0.1) is 12.7 Å². The molecule has 6 nitrogen and oxygen atoms in total. The van der Waals surface area contributed by atoms with Crippen LogP contribution in [-0.2, 0) is 28.5 Å². The number of esters is 2. The maximum Gasteiger partial charge on any atom is 0.305 e. The molecule has 0 spiro atoms. The third-order valence-corrected chi connectivity index (χ3v) is 3.21. The van der Waals surface area contributed by atoms with Crippen LogP contribution in [0, 0.1) is 18.3 Å². The van der Waals surface area contributed by atoms with Crippen LogP contribution in [0.2, 0.25) is 0 Å². The molecule has 0 bridgehead atoms. The Balaban J connectivity index is 2.78. The molecule has 128 valence electrons. The van der Waals surface area contributed by atoms with Crippen molar-refractivity contribution in [2.45, 2.75) is 58.7 Å². The van der Waals surface area contributed by atoms with E-state index in [0.717, 1.165) is 0 Å². The lowest BCUT2D eigenvalue weighted by Gasteiger charge is -2.22. The second kappa shape index (κ2) is 8.70. The first-order valence-corrected chi connectivity index (χ1v) is 7.51. The maximum absolute atomic E-state index is 11.1. The van der Waals surface area contributed by atoms with Gasteiger partial charge in [-0.2, -0.15) is 0 Å². The highest BCUT2D eigenvalue weighted by Gasteiger charge is 2.36. The van der Waals surface area contributed by atoms with Gasteiger partial charge in [0.1, 0.15) is 0 Å². The third kappa shape index (κ3) is 7.31. The summed E-state index contributed by atoms with van der Waals surface area (Å²) in [7, 11) is 0. The van der Waals surface area contributed by atoms with Crippen LogP contribution in [0.3, 0.4) is 0 Å². The van der Waals surface area contributed by atoms with Crippen LogP contribution >= 0.6 is 0 Å². The first-order valence-electron chi connectivity index (χ1n) is 7.51. The van der Waals surface area contributed by atoms with Gasteiger partial charge in [0, 0.05) is 26.2 Å². The summed E-state index contributed by atoms with van der Waals surface area (Å²) in [6, 6.07) is 0. The summed E-state index contributed by atoms with van der Waals surface area (Å²) in [5.74, 6) is 0.834. The van der Waals surface area contributed by atoms with Gasteiger partial charge in [-0.3, -0.25) is 9.59 Å². The van der Waals surface area contributed by atoms with Crippen molar-refractivity contribution in [3.05, 3.63) is 12.2 Å². The topological polar surface area (TPSA) is 71.1 Å². The summed E-state index contributed by atoms with van der Waals surface area (Å²) in [6.07, 6.45) is 8.68. The second-order valence-corrected chi connectivity index (χ2v) is 5.75. The molecule has 0 aromatic carbocycles. The Morgan fingerprint density at radius 3 is 2.35 bits per heavy atom. The molecule has 1 rings (SSSR count). The number of carbonyl (C=O) groups excluding carboxylic acids is 2. The zero-order valence-electron chi connectivity index (χ0n) is 14.0. The zero-order chi connectivity index (χ0) is 17.5. The average molecular weight is 324 g/mol. The van der Waals surface area contributed by atoms with Crippen LogP contribution in [0.15, 0.2) is 12.2 Å². The van der Waals surface area contributed by atoms with E-state index in [4.69, 9.17) is 25.4 Å². The molecule has 1 fully saturated rings. The Morgan fingerprint density at radius 1 is 1.30 bits per heavy atom. The van der Waals surface area contributed by atoms with Crippen molar-refractivity contribution >= 4 is 11.9 Å². The minimum Gasteiger partial charge on any atom is -0.421 e. The van der Waals surface area contributed by atoms with Gasteiger partial charge in [-0.1, -0.05) is 6.08 Å². The van der Waals surface area contributed by atoms with Crippen molar-refractivity contribution in [1.29, 1.82) is 0 Å². The summed E-state index contributed by atoms with van der Waals surface area (Å²) < 4.78 is 21.3. The van der Waals surface area contributed by atoms with E-state index < -0.39 is 24.0 Å². The van der Waals surface area contributed by atoms with Crippen LogP contribution in [0.25, 0.3) is 0 Å². The van der Waals surface area contributed by atoms with E-state index in [2.05, 4.69) is 5.92 Å². The van der Waals surface area contributed by atoms with Crippen molar-refractivity contribution < 1.29 is 28.5 Å². The Labute approximate surface area is 137 Å². The number of hydrogen-bond acceptors (Lipinski definition) is 6. The molecular formula is C17H24O6. The van der Waals surface area contributed by atoms with Gasteiger partial charge in [-0.05, 0) is 26.3 Å². The van der Waals surface area contributed by atoms with E-state index in [1.54, 1.807) is 6.08 Å². The standard InChI is InChI=1S/C17H24O6/c1-6-7-8-14(15-11-20-17(4,5)23-15)9-10-16(21-12(2)18)22-13(3)19/h1,9-10,14-16H,7-8,11H2,2-5H3/b10-9+/t14-,15+/m0/s1. The molecule has 2 atom stereocenters. The molecule has 1 saturated heterocycles. The predicted octanol–water partition coefficient (Wildman–Crippen LogP) is 2.18. The Kier molecular flexibility index (Phi) is 7.27. The molecule has 0 radical (unpaired) electrons. The van der Waals surface area contributed by atoms with Crippen molar-refractivity contribution in [3.63, 3.8) is 0 Å². The van der Waals surface area contributed by atoms with Crippen molar-refractivity contribution in [1.82, 2.24) is 0 Å². The predicted molar refractivity (Wildman–Crippen MR) is 82.9 cm³/mol. The van der Waals surface area contributed by atoms with Crippen LogP contribution in [0.4, 0.5) is 0 Å². The van der Waals surface area contributed by atoms with E-state index in [1.807, 2.05) is 13.8 Å². The highest BCUT2D eigenvalue weighted by Crippen LogP contribution is 2.29. The van der Waals surface area contributed by atoms with E-state index in [9.17, 15) is 9.59 Å². The molecule has 1 aliphatic heterocycles. The summed E-state index contributed by atoms with van der Waals surface area (Å²) in [5.41, 5.74) is 0. The van der Waals surface area contributed by atoms with E-state index in [1.165, 1.54) is 19.9 Å². The Morgan fingerprint density at radius 2 is 1.91 bits per heavy atom. The van der Waals surface area contributed by atoms with E-state index >= 15 is 0 Å². The molecule has 23 heavy (non-hydrogen) atoms. The van der Waals surface area contributed by atoms with Gasteiger partial charge >= 0.3 is 11.9 Å². The molecule has 0 unspecified atom stereocenters. The lowest BCUT2D eigenvalue weighted by molar-refractivity contribution is -0.176. The fourth-order valence-corrected chi connectivity index (χ4v) is 2.25. The largest absolute Gasteiger partial charge is 0.421 e. The highest BCUT2D eigenvalue weighted by atomic mass is 16.7. The maximum atomic E-state index is 11.1. The summed E-state index contributed by atoms with van der Waals surface area (Å²) >= 11 is 0. The summed E-state index contributed by atoms with van der Waals surface area (Å²) in [6.45, 7) is 6.62. The van der Waals surface area contributed by atoms with Gasteiger partial charge in [0.2, 0.25) is 0 Å². The van der Waals surface area contributed by atoms with Gasteiger partial charge in [0.15, 0.2) is 5.79 Å². The quantitative estimate of drug-likeness (QED) is 0.309. The van der Waals surface area contributed by atoms with Crippen LogP contribution in [0.1, 0.15) is 40.5 Å². The number of rotatable bonds is 7. The highest BCUT2D eigenvalue weighted by molar-refractivity contribution is 5.68. The van der Waals surface area contributed by atoms with Gasteiger partial charge in [0.25, 0.3) is 6.29 Å². The molecule has 0 amide bonds. The number of ether oxygens (including phenoxy) is 4. The fourth-order valence-electron chi connectivity index (χ4n) is 2.25. The molecule has 0 aliphatic carbocycles. The monoisotopic (exact) mass is 324 g/mol. The molecule has 0 aromatic rings. The molecule has 6 heteroatoms. The van der Waals surface area contributed by atoms with Crippen molar-refractivity contribution in [2.24, 2.45) is 5.92 Å². The van der Waals surface area contributed by atoms with Gasteiger partial charge in [-0.25, -0.2) is 0 Å². The molecule has 0 N–H and O–H groups in total. The Bertz CT molecular complexity index is 472. The van der Waals surface area contributed by atoms with E-state index in [-0.39, 0.29) is 12.0 Å². The van der Waals surface area contributed by atoms with Crippen molar-refractivity contribution in [3.8, 4) is 12.3 Å². The lowest BCUT2D eigenvalue weighted by atomic mass is 9.96. The number of terminal acetylenes is 1. The molecular weight excluding hydrogens is 300 g/mol. The molecule has 1 heterocycles. The fraction of sp³-hybridized carbons (Fsp3) is 0.647. The summed E-state index contributed by atoms with van der Waals surface area (Å²) in [4.78, 5) is 22.2. The molecule has 0 saturated carbocycles. The average Bonchev–Trinajstić information content (AvgIpc) is 2.77. The molecule has 0 aromatic heterocycles. The van der Waals surface area contributed by atoms with Gasteiger partial charge < -0.3 is 18.9 Å². The number of carbonyl (C=O) groups is 2. The van der Waals surface area contributed by atoms with Crippen LogP contribution in [0.5, 0.6) is 0 Å².